The van der Waals surface area contributed by atoms with E-state index >= 15 is 0 Å². The number of para-hydroxylation sites is 2. The smallest absolute Gasteiger partial charge is 0.270 e. The molecule has 0 saturated carbocycles. The highest BCUT2D eigenvalue weighted by atomic mass is 16.6. The van der Waals surface area contributed by atoms with Gasteiger partial charge in [-0.1, -0.05) is 84.9 Å². The van der Waals surface area contributed by atoms with Gasteiger partial charge in [-0.3, -0.25) is 24.5 Å². The molecule has 1 saturated heterocycles. The van der Waals surface area contributed by atoms with E-state index in [0.29, 0.717) is 34.7 Å². The van der Waals surface area contributed by atoms with Crippen molar-refractivity contribution in [1.29, 1.82) is 0 Å². The number of ether oxygens (including phenoxy) is 1. The number of rotatable bonds is 6. The molecule has 4 aromatic carbocycles. The van der Waals surface area contributed by atoms with Crippen LogP contribution in [0.1, 0.15) is 55.0 Å². The molecule has 2 aliphatic heterocycles. The van der Waals surface area contributed by atoms with Gasteiger partial charge in [0.05, 0.1) is 17.6 Å². The number of hydrogen-bond donors (Lipinski definition) is 0. The number of benzene rings is 4. The first-order chi connectivity index (χ1) is 20.9. The monoisotopic (exact) mass is 570 g/mol. The van der Waals surface area contributed by atoms with Gasteiger partial charge in [0.25, 0.3) is 5.69 Å². The molecule has 7 rings (SSSR count). The second-order valence-electron chi connectivity index (χ2n) is 10.9. The molecule has 1 spiro atoms. The predicted molar refractivity (Wildman–Crippen MR) is 161 cm³/mol. The zero-order chi connectivity index (χ0) is 29.9. The fraction of sp³-hybridized carbons (Fsp3) is 0.171. The Hall–Kier alpha value is -5.37. The molecule has 3 aliphatic rings. The number of nitrogens with zero attached hydrogens (tertiary/aromatic N) is 2. The number of anilines is 1. The van der Waals surface area contributed by atoms with E-state index in [4.69, 9.17) is 4.74 Å². The lowest BCUT2D eigenvalue weighted by molar-refractivity contribution is -0.384. The van der Waals surface area contributed by atoms with Crippen LogP contribution in [0.25, 0.3) is 6.08 Å². The molecule has 0 aromatic heterocycles. The average Bonchev–Trinajstić information content (AvgIpc) is 3.47. The third-order valence-electron chi connectivity index (χ3n) is 8.88. The zero-order valence-electron chi connectivity index (χ0n) is 23.2. The maximum atomic E-state index is 14.8. The second-order valence-corrected chi connectivity index (χ2v) is 10.9. The van der Waals surface area contributed by atoms with Crippen molar-refractivity contribution in [3.63, 3.8) is 0 Å². The van der Waals surface area contributed by atoms with Crippen LogP contribution in [-0.4, -0.2) is 41.0 Å². The molecule has 2 heterocycles. The van der Waals surface area contributed by atoms with Gasteiger partial charge < -0.3 is 9.64 Å². The van der Waals surface area contributed by atoms with Gasteiger partial charge in [0.2, 0.25) is 0 Å². The molecule has 212 valence electrons. The van der Waals surface area contributed by atoms with E-state index in [2.05, 4.69) is 0 Å². The first kappa shape index (κ1) is 26.5. The van der Waals surface area contributed by atoms with Crippen LogP contribution in [0.4, 0.5) is 11.4 Å². The van der Waals surface area contributed by atoms with Crippen LogP contribution in [0, 0.1) is 15.5 Å². The average molecular weight is 571 g/mol. The van der Waals surface area contributed by atoms with Crippen molar-refractivity contribution in [1.82, 2.24) is 0 Å². The van der Waals surface area contributed by atoms with Gasteiger partial charge in [-0.05, 0) is 24.6 Å². The molecule has 8 heteroatoms. The molecule has 0 radical (unpaired) electrons. The summed E-state index contributed by atoms with van der Waals surface area (Å²) in [7, 11) is 0. The van der Waals surface area contributed by atoms with Gasteiger partial charge >= 0.3 is 0 Å². The summed E-state index contributed by atoms with van der Waals surface area (Å²) in [6.45, 7) is 2.18. The summed E-state index contributed by atoms with van der Waals surface area (Å²) < 4.78 is 6.05. The number of nitro benzene ring substituents is 1. The molecule has 1 aliphatic carbocycles. The molecule has 0 unspecified atom stereocenters. The number of non-ortho nitro benzene ring substituents is 1. The minimum Gasteiger partial charge on any atom is -0.494 e. The van der Waals surface area contributed by atoms with Crippen molar-refractivity contribution >= 4 is 34.8 Å². The Kier molecular flexibility index (Phi) is 6.09. The summed E-state index contributed by atoms with van der Waals surface area (Å²) in [4.78, 5) is 57.4. The highest BCUT2D eigenvalue weighted by Gasteiger charge is 2.72. The van der Waals surface area contributed by atoms with E-state index in [1.807, 2.05) is 60.4 Å². The summed E-state index contributed by atoms with van der Waals surface area (Å²) in [6, 6.07) is 25.3. The lowest BCUT2D eigenvalue weighted by atomic mass is 9.64. The molecular formula is C35H26N2O6. The van der Waals surface area contributed by atoms with E-state index in [0.717, 1.165) is 5.56 Å². The fourth-order valence-corrected chi connectivity index (χ4v) is 7.23. The molecule has 0 N–H and O–H groups in total. The van der Waals surface area contributed by atoms with Gasteiger partial charge in [-0.15, -0.1) is 0 Å². The molecular weight excluding hydrogens is 544 g/mol. The molecule has 1 fully saturated rings. The van der Waals surface area contributed by atoms with Crippen LogP contribution in [0.15, 0.2) is 103 Å². The Morgan fingerprint density at radius 1 is 0.907 bits per heavy atom. The Balaban J connectivity index is 1.56. The summed E-state index contributed by atoms with van der Waals surface area (Å²) in [5, 5.41) is 11.7. The Morgan fingerprint density at radius 3 is 2.30 bits per heavy atom. The maximum Gasteiger partial charge on any atom is 0.270 e. The second kappa shape index (κ2) is 9.87. The van der Waals surface area contributed by atoms with Crippen LogP contribution >= 0.6 is 0 Å². The zero-order valence-corrected chi connectivity index (χ0v) is 23.2. The quantitative estimate of drug-likeness (QED) is 0.116. The van der Waals surface area contributed by atoms with Crippen molar-refractivity contribution < 1.29 is 24.0 Å². The Labute approximate surface area is 247 Å². The van der Waals surface area contributed by atoms with Gasteiger partial charge in [-0.25, -0.2) is 0 Å². The number of nitro groups is 1. The van der Waals surface area contributed by atoms with E-state index in [1.54, 1.807) is 42.5 Å². The van der Waals surface area contributed by atoms with Gasteiger partial charge in [0.15, 0.2) is 17.3 Å². The molecule has 4 aromatic rings. The third-order valence-corrected chi connectivity index (χ3v) is 8.88. The largest absolute Gasteiger partial charge is 0.494 e. The highest BCUT2D eigenvalue weighted by molar-refractivity contribution is 6.32. The number of fused-ring (bicyclic) bond motifs is 5. The minimum atomic E-state index is -1.69. The van der Waals surface area contributed by atoms with Crippen LogP contribution in [0.2, 0.25) is 0 Å². The van der Waals surface area contributed by atoms with Crippen LogP contribution in [-0.2, 0) is 0 Å². The van der Waals surface area contributed by atoms with E-state index in [9.17, 15) is 24.5 Å². The summed E-state index contributed by atoms with van der Waals surface area (Å²) in [5.41, 5.74) is 0.942. The molecule has 43 heavy (non-hydrogen) atoms. The molecule has 8 nitrogen and oxygen atoms in total. The van der Waals surface area contributed by atoms with E-state index < -0.39 is 34.1 Å². The highest BCUT2D eigenvalue weighted by Crippen LogP contribution is 2.62. The van der Waals surface area contributed by atoms with Gasteiger partial charge in [-0.2, -0.15) is 0 Å². The third kappa shape index (κ3) is 3.65. The number of carbonyl (C=O) groups is 3. The topological polar surface area (TPSA) is 107 Å². The fourth-order valence-electron chi connectivity index (χ4n) is 7.23. The predicted octanol–water partition coefficient (Wildman–Crippen LogP) is 6.31. The van der Waals surface area contributed by atoms with Crippen molar-refractivity contribution in [2.45, 2.75) is 24.9 Å². The van der Waals surface area contributed by atoms with Crippen molar-refractivity contribution in [3.8, 4) is 5.75 Å². The first-order valence-corrected chi connectivity index (χ1v) is 14.1. The SMILES string of the molecule is CCOc1ccccc1[C@H]1[C@@H](C(=O)c2cccc([N+](=O)[O-])c2)N2c3ccccc3C=C[C@@H]2C12C(=O)c1ccccc1C2=O. The number of carbonyl (C=O) groups excluding carboxylic acids is 3. The molecule has 3 atom stereocenters. The Morgan fingerprint density at radius 2 is 1.58 bits per heavy atom. The summed E-state index contributed by atoms with van der Waals surface area (Å²) in [6.07, 6.45) is 3.74. The van der Waals surface area contributed by atoms with Crippen LogP contribution < -0.4 is 9.64 Å². The summed E-state index contributed by atoms with van der Waals surface area (Å²) >= 11 is 0. The van der Waals surface area contributed by atoms with Crippen LogP contribution in [0.5, 0.6) is 5.75 Å². The first-order valence-electron chi connectivity index (χ1n) is 14.1. The number of ketones is 3. The lowest BCUT2D eigenvalue weighted by Gasteiger charge is -2.37. The van der Waals surface area contributed by atoms with Crippen LogP contribution in [0.3, 0.4) is 0 Å². The normalized spacial score (nSPS) is 21.0. The molecule has 0 amide bonds. The van der Waals surface area contributed by atoms with Crippen molar-refractivity contribution in [3.05, 3.63) is 141 Å². The van der Waals surface area contributed by atoms with Crippen molar-refractivity contribution in [2.24, 2.45) is 5.41 Å². The lowest BCUT2D eigenvalue weighted by Crippen LogP contribution is -2.48. The number of Topliss-reactive ketones (excluding diaryl/α,β-unsaturated/α-hetero) is 3. The number of hydrogen-bond acceptors (Lipinski definition) is 7. The maximum absolute atomic E-state index is 14.8. The van der Waals surface area contributed by atoms with E-state index in [-0.39, 0.29) is 22.8 Å². The standard InChI is InChI=1S/C35H26N2O6/c1-2-43-28-17-8-6-15-26(28)30-31(32(38)22-11-9-12-23(20-22)37(41)42)36-27-16-7-3-10-21(27)18-19-29(36)35(30)33(39)24-13-4-5-14-25(24)34(35)40/h3-20,29-31H,2H2,1H3/t29-,30+,31+/m1/s1. The summed E-state index contributed by atoms with van der Waals surface area (Å²) in [5.74, 6) is -1.63. The van der Waals surface area contributed by atoms with Gasteiger partial charge in [0.1, 0.15) is 17.2 Å². The minimum absolute atomic E-state index is 0.122. The van der Waals surface area contributed by atoms with Crippen molar-refractivity contribution in [2.75, 3.05) is 11.5 Å². The van der Waals surface area contributed by atoms with E-state index in [1.165, 1.54) is 18.2 Å². The van der Waals surface area contributed by atoms with Gasteiger partial charge in [0, 0.05) is 46.0 Å². The molecule has 0 bridgehead atoms. The Bertz CT molecular complexity index is 1840.